The molecular formula is C16H10ClN3O4. The van der Waals surface area contributed by atoms with Gasteiger partial charge in [-0.15, -0.1) is 0 Å². The van der Waals surface area contributed by atoms with Gasteiger partial charge in [-0.3, -0.25) is 19.7 Å². The van der Waals surface area contributed by atoms with Crippen molar-refractivity contribution in [2.45, 2.75) is 6.42 Å². The van der Waals surface area contributed by atoms with Gasteiger partial charge < -0.3 is 4.98 Å². The molecule has 0 aliphatic carbocycles. The maximum absolute atomic E-state index is 12.3. The average molecular weight is 344 g/mol. The quantitative estimate of drug-likeness (QED) is 0.445. The molecular weight excluding hydrogens is 334 g/mol. The van der Waals surface area contributed by atoms with Crippen molar-refractivity contribution in [3.8, 4) is 0 Å². The Labute approximate surface area is 140 Å². The SMILES string of the molecule is O=C(Cc1nc2ccc(Cl)cc2[nH]c1=O)c1ccc([N+](=O)[O-])cc1. The molecule has 0 saturated heterocycles. The number of carbonyl (C=O) groups excluding carboxylic acids is 1. The molecule has 2 aromatic carbocycles. The molecule has 0 fully saturated rings. The molecule has 8 heteroatoms. The molecule has 3 aromatic rings. The molecule has 7 nitrogen and oxygen atoms in total. The number of nitrogens with one attached hydrogen (secondary N) is 1. The van der Waals surface area contributed by atoms with Crippen molar-refractivity contribution in [2.75, 3.05) is 0 Å². The minimum absolute atomic E-state index is 0.0770. The number of nitro benzene ring substituents is 1. The molecule has 1 heterocycles. The van der Waals surface area contributed by atoms with Crippen LogP contribution in [-0.2, 0) is 6.42 Å². The van der Waals surface area contributed by atoms with Gasteiger partial charge in [-0.2, -0.15) is 0 Å². The summed E-state index contributed by atoms with van der Waals surface area (Å²) < 4.78 is 0. The minimum atomic E-state index is -0.547. The highest BCUT2D eigenvalue weighted by atomic mass is 35.5. The van der Waals surface area contributed by atoms with Gasteiger partial charge in [0, 0.05) is 22.7 Å². The van der Waals surface area contributed by atoms with E-state index in [-0.39, 0.29) is 29.1 Å². The predicted molar refractivity (Wildman–Crippen MR) is 88.5 cm³/mol. The molecule has 1 aromatic heterocycles. The number of hydrogen-bond donors (Lipinski definition) is 1. The van der Waals surface area contributed by atoms with Gasteiger partial charge in [-0.25, -0.2) is 4.98 Å². The first-order valence-corrected chi connectivity index (χ1v) is 7.28. The second kappa shape index (κ2) is 6.21. The van der Waals surface area contributed by atoms with Gasteiger partial charge in [-0.05, 0) is 30.3 Å². The van der Waals surface area contributed by atoms with E-state index in [4.69, 9.17) is 11.6 Å². The number of rotatable bonds is 4. The van der Waals surface area contributed by atoms with Gasteiger partial charge in [0.25, 0.3) is 11.2 Å². The van der Waals surface area contributed by atoms with Crippen LogP contribution >= 0.6 is 11.6 Å². The lowest BCUT2D eigenvalue weighted by molar-refractivity contribution is -0.384. The first-order chi connectivity index (χ1) is 11.4. The van der Waals surface area contributed by atoms with Crippen LogP contribution < -0.4 is 5.56 Å². The van der Waals surface area contributed by atoms with Crippen LogP contribution in [0, 0.1) is 10.1 Å². The molecule has 0 unspecified atom stereocenters. The van der Waals surface area contributed by atoms with Crippen LogP contribution in [-0.4, -0.2) is 20.7 Å². The lowest BCUT2D eigenvalue weighted by Gasteiger charge is -2.03. The van der Waals surface area contributed by atoms with E-state index < -0.39 is 10.5 Å². The lowest BCUT2D eigenvalue weighted by atomic mass is 10.1. The smallest absolute Gasteiger partial charge is 0.270 e. The van der Waals surface area contributed by atoms with Crippen molar-refractivity contribution in [1.82, 2.24) is 9.97 Å². The van der Waals surface area contributed by atoms with E-state index in [2.05, 4.69) is 9.97 Å². The molecule has 0 bridgehead atoms. The summed E-state index contributed by atoms with van der Waals surface area (Å²) in [6.45, 7) is 0. The number of hydrogen-bond acceptors (Lipinski definition) is 5. The van der Waals surface area contributed by atoms with E-state index in [1.54, 1.807) is 18.2 Å². The number of nitrogens with zero attached hydrogens (tertiary/aromatic N) is 2. The minimum Gasteiger partial charge on any atom is -0.319 e. The van der Waals surface area contributed by atoms with Gasteiger partial charge in [-0.1, -0.05) is 11.6 Å². The summed E-state index contributed by atoms with van der Waals surface area (Å²) in [4.78, 5) is 41.2. The third-order valence-electron chi connectivity index (χ3n) is 3.45. The van der Waals surface area contributed by atoms with Crippen molar-refractivity contribution in [3.05, 3.63) is 79.2 Å². The van der Waals surface area contributed by atoms with Crippen LogP contribution in [0.25, 0.3) is 11.0 Å². The monoisotopic (exact) mass is 343 g/mol. The van der Waals surface area contributed by atoms with E-state index in [0.717, 1.165) is 0 Å². The normalized spacial score (nSPS) is 10.7. The number of ketones is 1. The number of non-ortho nitro benzene ring substituents is 1. The maximum Gasteiger partial charge on any atom is 0.270 e. The predicted octanol–water partition coefficient (Wildman–Crippen LogP) is 2.91. The third kappa shape index (κ3) is 3.16. The molecule has 0 radical (unpaired) electrons. The second-order valence-corrected chi connectivity index (χ2v) is 5.51. The number of nitro groups is 1. The molecule has 1 N–H and O–H groups in total. The fourth-order valence-electron chi connectivity index (χ4n) is 2.24. The third-order valence-corrected chi connectivity index (χ3v) is 3.69. The maximum atomic E-state index is 12.3. The highest BCUT2D eigenvalue weighted by Gasteiger charge is 2.14. The number of aromatic amines is 1. The van der Waals surface area contributed by atoms with Crippen LogP contribution in [0.4, 0.5) is 5.69 Å². The number of Topliss-reactive ketones (excluding diaryl/α,β-unsaturated/α-hetero) is 1. The zero-order chi connectivity index (χ0) is 17.3. The first kappa shape index (κ1) is 15.8. The van der Waals surface area contributed by atoms with Crippen molar-refractivity contribution in [1.29, 1.82) is 0 Å². The van der Waals surface area contributed by atoms with Crippen molar-refractivity contribution in [2.24, 2.45) is 0 Å². The Morgan fingerprint density at radius 2 is 1.92 bits per heavy atom. The van der Waals surface area contributed by atoms with E-state index >= 15 is 0 Å². The van der Waals surface area contributed by atoms with E-state index in [9.17, 15) is 19.7 Å². The number of benzene rings is 2. The Morgan fingerprint density at radius 3 is 2.58 bits per heavy atom. The molecule has 0 aliphatic heterocycles. The highest BCUT2D eigenvalue weighted by Crippen LogP contribution is 2.16. The van der Waals surface area contributed by atoms with Crippen molar-refractivity contribution in [3.63, 3.8) is 0 Å². The van der Waals surface area contributed by atoms with Crippen LogP contribution in [0.1, 0.15) is 16.1 Å². The number of fused-ring (bicyclic) bond motifs is 1. The standard InChI is InChI=1S/C16H10ClN3O4/c17-10-3-6-12-13(7-10)19-16(22)14(18-12)8-15(21)9-1-4-11(5-2-9)20(23)24/h1-7H,8H2,(H,19,22). The molecule has 0 spiro atoms. The van der Waals surface area contributed by atoms with Gasteiger partial charge >= 0.3 is 0 Å². The van der Waals surface area contributed by atoms with E-state index in [0.29, 0.717) is 16.1 Å². The summed E-state index contributed by atoms with van der Waals surface area (Å²) in [6.07, 6.45) is -0.203. The van der Waals surface area contributed by atoms with Crippen LogP contribution in [0.15, 0.2) is 47.3 Å². The Bertz CT molecular complexity index is 1010. The Morgan fingerprint density at radius 1 is 1.21 bits per heavy atom. The molecule has 3 rings (SSSR count). The zero-order valence-electron chi connectivity index (χ0n) is 12.2. The fraction of sp³-hybridized carbons (Fsp3) is 0.0625. The summed E-state index contributed by atoms with van der Waals surface area (Å²) in [5.74, 6) is -0.351. The Balaban J connectivity index is 1.90. The summed E-state index contributed by atoms with van der Waals surface area (Å²) in [6, 6.07) is 10.1. The Hall–Kier alpha value is -3.06. The molecule has 0 aliphatic rings. The number of H-pyrrole nitrogens is 1. The molecule has 0 saturated carbocycles. The number of carbonyl (C=O) groups is 1. The van der Waals surface area contributed by atoms with Crippen LogP contribution in [0.3, 0.4) is 0 Å². The molecule has 0 atom stereocenters. The number of aromatic nitrogens is 2. The molecule has 0 amide bonds. The average Bonchev–Trinajstić information content (AvgIpc) is 2.55. The number of halogens is 1. The van der Waals surface area contributed by atoms with Crippen LogP contribution in [0.5, 0.6) is 0 Å². The Kier molecular flexibility index (Phi) is 4.09. The summed E-state index contributed by atoms with van der Waals surface area (Å²) in [7, 11) is 0. The van der Waals surface area contributed by atoms with Crippen LogP contribution in [0.2, 0.25) is 5.02 Å². The van der Waals surface area contributed by atoms with Crippen molar-refractivity contribution >= 4 is 34.1 Å². The van der Waals surface area contributed by atoms with Gasteiger partial charge in [0.1, 0.15) is 5.69 Å². The first-order valence-electron chi connectivity index (χ1n) is 6.90. The highest BCUT2D eigenvalue weighted by molar-refractivity contribution is 6.31. The zero-order valence-corrected chi connectivity index (χ0v) is 12.9. The topological polar surface area (TPSA) is 106 Å². The molecule has 120 valence electrons. The second-order valence-electron chi connectivity index (χ2n) is 5.08. The summed E-state index contributed by atoms with van der Waals surface area (Å²) >= 11 is 5.86. The van der Waals surface area contributed by atoms with E-state index in [1.165, 1.54) is 24.3 Å². The van der Waals surface area contributed by atoms with Gasteiger partial charge in [0.15, 0.2) is 5.78 Å². The van der Waals surface area contributed by atoms with E-state index in [1.807, 2.05) is 0 Å². The molecule has 24 heavy (non-hydrogen) atoms. The lowest BCUT2D eigenvalue weighted by Crippen LogP contribution is -2.19. The summed E-state index contributed by atoms with van der Waals surface area (Å²) in [5.41, 5.74) is 0.779. The van der Waals surface area contributed by atoms with Gasteiger partial charge in [0.05, 0.1) is 22.4 Å². The largest absolute Gasteiger partial charge is 0.319 e. The fourth-order valence-corrected chi connectivity index (χ4v) is 2.41. The van der Waals surface area contributed by atoms with Crippen molar-refractivity contribution < 1.29 is 9.72 Å². The summed E-state index contributed by atoms with van der Waals surface area (Å²) in [5, 5.41) is 11.1. The van der Waals surface area contributed by atoms with Gasteiger partial charge in [0.2, 0.25) is 0 Å².